The number of rotatable bonds is 5. The lowest BCUT2D eigenvalue weighted by Crippen LogP contribution is -2.27. The number of amides is 1. The Hall–Kier alpha value is -1.35. The lowest BCUT2D eigenvalue weighted by Gasteiger charge is -2.17. The summed E-state index contributed by atoms with van der Waals surface area (Å²) in [5.41, 5.74) is 3.42. The lowest BCUT2D eigenvalue weighted by molar-refractivity contribution is 0.0952. The molecule has 0 saturated heterocycles. The minimum atomic E-state index is 0.0529. The smallest absolute Gasteiger partial charge is 0.251 e. The van der Waals surface area contributed by atoms with Crippen molar-refractivity contribution in [2.24, 2.45) is 5.92 Å². The summed E-state index contributed by atoms with van der Waals surface area (Å²) < 4.78 is 0. The number of nitrogens with one attached hydrogen (secondary N) is 2. The Balaban J connectivity index is 1.88. The molecule has 0 atom stereocenters. The van der Waals surface area contributed by atoms with Crippen molar-refractivity contribution in [1.82, 2.24) is 10.6 Å². The topological polar surface area (TPSA) is 41.1 Å². The Labute approximate surface area is 115 Å². The number of hydrogen-bond acceptors (Lipinski definition) is 2. The molecule has 104 valence electrons. The minimum absolute atomic E-state index is 0.0529. The van der Waals surface area contributed by atoms with Crippen LogP contribution in [0.2, 0.25) is 0 Å². The molecular weight excluding hydrogens is 236 g/mol. The van der Waals surface area contributed by atoms with Gasteiger partial charge in [-0.25, -0.2) is 0 Å². The first-order valence-corrected chi connectivity index (χ1v) is 7.27. The van der Waals surface area contributed by atoms with Crippen LogP contribution in [0, 0.1) is 5.92 Å². The van der Waals surface area contributed by atoms with Gasteiger partial charge in [-0.05, 0) is 55.0 Å². The van der Waals surface area contributed by atoms with Gasteiger partial charge in [-0.15, -0.1) is 0 Å². The van der Waals surface area contributed by atoms with Gasteiger partial charge >= 0.3 is 0 Å². The first-order valence-electron chi connectivity index (χ1n) is 7.27. The van der Waals surface area contributed by atoms with Crippen LogP contribution in [0.3, 0.4) is 0 Å². The van der Waals surface area contributed by atoms with Crippen molar-refractivity contribution in [3.05, 3.63) is 34.9 Å². The first kappa shape index (κ1) is 14.1. The molecule has 0 saturated carbocycles. The second-order valence-electron chi connectivity index (χ2n) is 5.70. The van der Waals surface area contributed by atoms with Gasteiger partial charge in [-0.3, -0.25) is 4.79 Å². The lowest BCUT2D eigenvalue weighted by atomic mass is 9.98. The molecule has 0 radical (unpaired) electrons. The van der Waals surface area contributed by atoms with Gasteiger partial charge in [0.2, 0.25) is 0 Å². The van der Waals surface area contributed by atoms with Gasteiger partial charge in [0.1, 0.15) is 0 Å². The van der Waals surface area contributed by atoms with E-state index in [1.54, 1.807) is 0 Å². The summed E-state index contributed by atoms with van der Waals surface area (Å²) >= 11 is 0. The maximum absolute atomic E-state index is 12.0. The van der Waals surface area contributed by atoms with Crippen molar-refractivity contribution >= 4 is 5.91 Å². The van der Waals surface area contributed by atoms with Crippen molar-refractivity contribution in [3.63, 3.8) is 0 Å². The maximum Gasteiger partial charge on any atom is 0.251 e. The van der Waals surface area contributed by atoms with E-state index in [2.05, 4.69) is 30.5 Å². The Morgan fingerprint density at radius 1 is 1.37 bits per heavy atom. The Bertz CT molecular complexity index is 440. The van der Waals surface area contributed by atoms with Gasteiger partial charge < -0.3 is 10.6 Å². The second kappa shape index (κ2) is 6.71. The van der Waals surface area contributed by atoms with E-state index in [0.717, 1.165) is 44.5 Å². The van der Waals surface area contributed by atoms with Gasteiger partial charge in [-0.1, -0.05) is 19.9 Å². The van der Waals surface area contributed by atoms with Crippen LogP contribution in [0.1, 0.15) is 48.2 Å². The van der Waals surface area contributed by atoms with Crippen LogP contribution in [0.25, 0.3) is 0 Å². The predicted octanol–water partition coefficient (Wildman–Crippen LogP) is 2.50. The van der Waals surface area contributed by atoms with Crippen molar-refractivity contribution in [2.75, 3.05) is 13.1 Å². The minimum Gasteiger partial charge on any atom is -0.352 e. The van der Waals surface area contributed by atoms with E-state index in [-0.39, 0.29) is 5.91 Å². The Morgan fingerprint density at radius 3 is 3.00 bits per heavy atom. The summed E-state index contributed by atoms with van der Waals surface area (Å²) in [7, 11) is 0. The molecule has 2 N–H and O–H groups in total. The molecule has 0 unspecified atom stereocenters. The fourth-order valence-corrected chi connectivity index (χ4v) is 2.44. The highest BCUT2D eigenvalue weighted by molar-refractivity contribution is 5.94. The standard InChI is InChI=1S/C16H24N2O/c1-12(2)4-3-8-18-16(19)14-6-5-13-7-9-17-11-15(13)10-14/h5-6,10,12,17H,3-4,7-9,11H2,1-2H3,(H,18,19). The van der Waals surface area contributed by atoms with Crippen molar-refractivity contribution in [3.8, 4) is 0 Å². The summed E-state index contributed by atoms with van der Waals surface area (Å²) in [6, 6.07) is 6.07. The van der Waals surface area contributed by atoms with Crippen LogP contribution >= 0.6 is 0 Å². The summed E-state index contributed by atoms with van der Waals surface area (Å²) in [5, 5.41) is 6.34. The molecule has 1 aliphatic heterocycles. The van der Waals surface area contributed by atoms with Crippen molar-refractivity contribution in [1.29, 1.82) is 0 Å². The summed E-state index contributed by atoms with van der Waals surface area (Å²) in [6.45, 7) is 7.10. The van der Waals surface area contributed by atoms with E-state index < -0.39 is 0 Å². The molecule has 1 amide bonds. The summed E-state index contributed by atoms with van der Waals surface area (Å²) in [5.74, 6) is 0.754. The van der Waals surface area contributed by atoms with Crippen LogP contribution in [0.4, 0.5) is 0 Å². The third kappa shape index (κ3) is 4.06. The van der Waals surface area contributed by atoms with Crippen molar-refractivity contribution in [2.45, 2.75) is 39.7 Å². The number of carbonyl (C=O) groups is 1. The Kier molecular flexibility index (Phi) is 4.97. The molecule has 1 aliphatic rings. The number of benzene rings is 1. The molecule has 0 spiro atoms. The quantitative estimate of drug-likeness (QED) is 0.799. The van der Waals surface area contributed by atoms with Gasteiger partial charge in [0.05, 0.1) is 0 Å². The highest BCUT2D eigenvalue weighted by Gasteiger charge is 2.12. The molecule has 1 aromatic carbocycles. The number of carbonyl (C=O) groups excluding carboxylic acids is 1. The van der Waals surface area contributed by atoms with Crippen molar-refractivity contribution < 1.29 is 4.79 Å². The fourth-order valence-electron chi connectivity index (χ4n) is 2.44. The van der Waals surface area contributed by atoms with Gasteiger partial charge in [0.15, 0.2) is 0 Å². The van der Waals surface area contributed by atoms with E-state index >= 15 is 0 Å². The van der Waals surface area contributed by atoms with Crippen LogP contribution in [-0.4, -0.2) is 19.0 Å². The zero-order valence-electron chi connectivity index (χ0n) is 12.0. The molecule has 0 aliphatic carbocycles. The molecule has 1 aromatic rings. The zero-order chi connectivity index (χ0) is 13.7. The highest BCUT2D eigenvalue weighted by atomic mass is 16.1. The van der Waals surface area contributed by atoms with E-state index in [1.165, 1.54) is 11.1 Å². The van der Waals surface area contributed by atoms with Crippen LogP contribution in [-0.2, 0) is 13.0 Å². The van der Waals surface area contributed by atoms with Crippen LogP contribution < -0.4 is 10.6 Å². The number of hydrogen-bond donors (Lipinski definition) is 2. The molecule has 0 bridgehead atoms. The molecule has 3 heteroatoms. The first-order chi connectivity index (χ1) is 9.16. The monoisotopic (exact) mass is 260 g/mol. The molecule has 0 fully saturated rings. The summed E-state index contributed by atoms with van der Waals surface area (Å²) in [6.07, 6.45) is 3.27. The third-order valence-electron chi connectivity index (χ3n) is 3.60. The zero-order valence-corrected chi connectivity index (χ0v) is 12.0. The SMILES string of the molecule is CC(C)CCCNC(=O)c1ccc2c(c1)CNCC2. The third-order valence-corrected chi connectivity index (χ3v) is 3.60. The van der Waals surface area contributed by atoms with Gasteiger partial charge in [-0.2, -0.15) is 0 Å². The maximum atomic E-state index is 12.0. The van der Waals surface area contributed by atoms with E-state index in [0.29, 0.717) is 5.92 Å². The average Bonchev–Trinajstić information content (AvgIpc) is 2.42. The molecule has 0 aromatic heterocycles. The fraction of sp³-hybridized carbons (Fsp3) is 0.562. The largest absolute Gasteiger partial charge is 0.352 e. The van der Waals surface area contributed by atoms with Gasteiger partial charge in [0.25, 0.3) is 5.91 Å². The molecule has 19 heavy (non-hydrogen) atoms. The van der Waals surface area contributed by atoms with Crippen LogP contribution in [0.15, 0.2) is 18.2 Å². The highest BCUT2D eigenvalue weighted by Crippen LogP contribution is 2.15. The molecular formula is C16H24N2O. The molecule has 3 nitrogen and oxygen atoms in total. The number of fused-ring (bicyclic) bond motifs is 1. The predicted molar refractivity (Wildman–Crippen MR) is 78.3 cm³/mol. The second-order valence-corrected chi connectivity index (χ2v) is 5.70. The molecule has 2 rings (SSSR count). The summed E-state index contributed by atoms with van der Waals surface area (Å²) in [4.78, 5) is 12.0. The normalized spacial score (nSPS) is 14.3. The van der Waals surface area contributed by atoms with Gasteiger partial charge in [0, 0.05) is 18.7 Å². The van der Waals surface area contributed by atoms with Crippen LogP contribution in [0.5, 0.6) is 0 Å². The average molecular weight is 260 g/mol. The van der Waals surface area contributed by atoms with E-state index in [9.17, 15) is 4.79 Å². The van der Waals surface area contributed by atoms with E-state index in [1.807, 2.05) is 12.1 Å². The molecule has 1 heterocycles. The van der Waals surface area contributed by atoms with E-state index in [4.69, 9.17) is 0 Å². The Morgan fingerprint density at radius 2 is 2.21 bits per heavy atom.